The van der Waals surface area contributed by atoms with E-state index in [4.69, 9.17) is 4.74 Å². The highest BCUT2D eigenvalue weighted by molar-refractivity contribution is 9.11. The summed E-state index contributed by atoms with van der Waals surface area (Å²) < 4.78 is 21.0. The Morgan fingerprint density at radius 1 is 1.44 bits per heavy atom. The number of hydrogen-bond donors (Lipinski definition) is 1. The number of aliphatic hydroxyl groups excluding tert-OH is 1. The van der Waals surface area contributed by atoms with Gasteiger partial charge in [-0.3, -0.25) is 0 Å². The second kappa shape index (κ2) is 4.75. The number of hydrogen-bond acceptors (Lipinski definition) is 4. The number of nitrogens with zero attached hydrogens (tertiary/aromatic N) is 1. The number of aliphatic hydroxyl groups is 1. The van der Waals surface area contributed by atoms with Crippen molar-refractivity contribution in [1.29, 1.82) is 0 Å². The molecule has 18 heavy (non-hydrogen) atoms. The molecule has 1 saturated carbocycles. The molecule has 1 aliphatic rings. The van der Waals surface area contributed by atoms with Crippen molar-refractivity contribution in [3.63, 3.8) is 0 Å². The van der Waals surface area contributed by atoms with Gasteiger partial charge in [0.05, 0.1) is 16.3 Å². The Morgan fingerprint density at radius 3 is 3.00 bits per heavy atom. The van der Waals surface area contributed by atoms with Crippen LogP contribution in [-0.2, 0) is 0 Å². The van der Waals surface area contributed by atoms with E-state index < -0.39 is 11.9 Å². The lowest BCUT2D eigenvalue weighted by Gasteiger charge is -2.17. The van der Waals surface area contributed by atoms with E-state index in [1.54, 1.807) is 6.07 Å². The minimum Gasteiger partial charge on any atom is -0.485 e. The molecule has 0 amide bonds. The standard InChI is InChI=1S/C12H11BrFNO2S/c13-12-15-7-4-6(14)10(5-11(7)18-12)17-9-3-1-2-8(9)16/h4-5,8-9,16H,1-3H2/t8-,9+/m0/s1. The zero-order chi connectivity index (χ0) is 12.7. The van der Waals surface area contributed by atoms with Crippen LogP contribution in [0.2, 0.25) is 0 Å². The third-order valence-corrected chi connectivity index (χ3v) is 4.58. The van der Waals surface area contributed by atoms with Crippen LogP contribution in [-0.4, -0.2) is 22.3 Å². The first-order chi connectivity index (χ1) is 8.63. The molecule has 1 heterocycles. The van der Waals surface area contributed by atoms with Gasteiger partial charge in [-0.15, -0.1) is 11.3 Å². The van der Waals surface area contributed by atoms with Gasteiger partial charge < -0.3 is 9.84 Å². The SMILES string of the molecule is O[C@H]1CCC[C@H]1Oc1cc2sc(Br)nc2cc1F. The van der Waals surface area contributed by atoms with Crippen molar-refractivity contribution in [3.05, 3.63) is 21.9 Å². The Hall–Kier alpha value is -0.720. The molecule has 0 radical (unpaired) electrons. The molecule has 96 valence electrons. The molecule has 1 aromatic carbocycles. The fourth-order valence-corrected chi connectivity index (χ4v) is 3.61. The summed E-state index contributed by atoms with van der Waals surface area (Å²) in [6.45, 7) is 0. The van der Waals surface area contributed by atoms with Gasteiger partial charge in [-0.05, 0) is 35.2 Å². The van der Waals surface area contributed by atoms with Crippen molar-refractivity contribution in [3.8, 4) is 5.75 Å². The van der Waals surface area contributed by atoms with E-state index in [9.17, 15) is 9.50 Å². The Kier molecular flexibility index (Phi) is 3.25. The van der Waals surface area contributed by atoms with Crippen LogP contribution in [0.5, 0.6) is 5.75 Å². The molecule has 0 saturated heterocycles. The van der Waals surface area contributed by atoms with Gasteiger partial charge in [-0.2, -0.15) is 0 Å². The molecule has 3 nitrogen and oxygen atoms in total. The molecule has 0 unspecified atom stereocenters. The highest BCUT2D eigenvalue weighted by Gasteiger charge is 2.28. The molecule has 1 aliphatic carbocycles. The molecule has 1 N–H and O–H groups in total. The second-order valence-corrected chi connectivity index (χ2v) is 6.68. The van der Waals surface area contributed by atoms with Gasteiger partial charge in [0.1, 0.15) is 6.10 Å². The normalized spacial score (nSPS) is 23.7. The number of thiazole rings is 1. The number of rotatable bonds is 2. The first kappa shape index (κ1) is 12.3. The zero-order valence-corrected chi connectivity index (χ0v) is 11.8. The van der Waals surface area contributed by atoms with Crippen LogP contribution in [0, 0.1) is 5.82 Å². The van der Waals surface area contributed by atoms with E-state index in [2.05, 4.69) is 20.9 Å². The van der Waals surface area contributed by atoms with Crippen LogP contribution in [0.3, 0.4) is 0 Å². The van der Waals surface area contributed by atoms with Crippen LogP contribution >= 0.6 is 27.3 Å². The van der Waals surface area contributed by atoms with E-state index in [1.165, 1.54) is 17.4 Å². The summed E-state index contributed by atoms with van der Waals surface area (Å²) in [6, 6.07) is 3.02. The summed E-state index contributed by atoms with van der Waals surface area (Å²) in [4.78, 5) is 4.15. The van der Waals surface area contributed by atoms with Gasteiger partial charge in [0.2, 0.25) is 0 Å². The smallest absolute Gasteiger partial charge is 0.167 e. The fourth-order valence-electron chi connectivity index (χ4n) is 2.20. The van der Waals surface area contributed by atoms with Crippen LogP contribution in [0.4, 0.5) is 4.39 Å². The average Bonchev–Trinajstić information content (AvgIpc) is 2.85. The van der Waals surface area contributed by atoms with E-state index >= 15 is 0 Å². The van der Waals surface area contributed by atoms with Crippen molar-refractivity contribution in [1.82, 2.24) is 4.98 Å². The highest BCUT2D eigenvalue weighted by Crippen LogP contribution is 2.33. The minimum absolute atomic E-state index is 0.199. The van der Waals surface area contributed by atoms with Gasteiger partial charge in [0.15, 0.2) is 15.5 Å². The number of halogens is 2. The lowest BCUT2D eigenvalue weighted by molar-refractivity contribution is 0.0580. The molecule has 2 atom stereocenters. The molecule has 0 bridgehead atoms. The minimum atomic E-state index is -0.492. The van der Waals surface area contributed by atoms with Crippen LogP contribution in [0.25, 0.3) is 10.2 Å². The molecular formula is C12H11BrFNO2S. The number of ether oxygens (including phenoxy) is 1. The summed E-state index contributed by atoms with van der Waals surface area (Å²) >= 11 is 4.71. The Morgan fingerprint density at radius 2 is 2.28 bits per heavy atom. The number of fused-ring (bicyclic) bond motifs is 1. The van der Waals surface area contributed by atoms with Gasteiger partial charge in [-0.25, -0.2) is 9.37 Å². The Labute approximate surface area is 116 Å². The first-order valence-electron chi connectivity index (χ1n) is 5.74. The van der Waals surface area contributed by atoms with Crippen LogP contribution in [0.15, 0.2) is 16.0 Å². The third-order valence-electron chi connectivity index (χ3n) is 3.11. The van der Waals surface area contributed by atoms with Crippen molar-refractivity contribution in [2.45, 2.75) is 31.5 Å². The summed E-state index contributed by atoms with van der Waals surface area (Å²) in [7, 11) is 0. The maximum atomic E-state index is 13.9. The quantitative estimate of drug-likeness (QED) is 0.915. The zero-order valence-electron chi connectivity index (χ0n) is 9.40. The lowest BCUT2D eigenvalue weighted by Crippen LogP contribution is -2.25. The number of aromatic nitrogens is 1. The largest absolute Gasteiger partial charge is 0.485 e. The van der Waals surface area contributed by atoms with Crippen molar-refractivity contribution >= 4 is 37.5 Å². The number of benzene rings is 1. The van der Waals surface area contributed by atoms with E-state index in [0.29, 0.717) is 5.52 Å². The van der Waals surface area contributed by atoms with Crippen molar-refractivity contribution < 1.29 is 14.2 Å². The van der Waals surface area contributed by atoms with E-state index in [0.717, 1.165) is 27.9 Å². The Bertz CT molecular complexity index is 589. The lowest BCUT2D eigenvalue weighted by atomic mass is 10.2. The molecule has 6 heteroatoms. The highest BCUT2D eigenvalue weighted by atomic mass is 79.9. The molecular weight excluding hydrogens is 321 g/mol. The van der Waals surface area contributed by atoms with Gasteiger partial charge in [-0.1, -0.05) is 0 Å². The maximum Gasteiger partial charge on any atom is 0.167 e. The molecule has 2 aromatic rings. The van der Waals surface area contributed by atoms with E-state index in [-0.39, 0.29) is 11.9 Å². The maximum absolute atomic E-state index is 13.9. The second-order valence-electron chi connectivity index (χ2n) is 4.37. The van der Waals surface area contributed by atoms with Gasteiger partial charge >= 0.3 is 0 Å². The van der Waals surface area contributed by atoms with Gasteiger partial charge in [0.25, 0.3) is 0 Å². The third kappa shape index (κ3) is 2.24. The topological polar surface area (TPSA) is 42.4 Å². The molecule has 0 aliphatic heterocycles. The van der Waals surface area contributed by atoms with Gasteiger partial charge in [0, 0.05) is 12.1 Å². The Balaban J connectivity index is 1.93. The molecule has 0 spiro atoms. The molecule has 1 fully saturated rings. The monoisotopic (exact) mass is 331 g/mol. The van der Waals surface area contributed by atoms with Crippen molar-refractivity contribution in [2.24, 2.45) is 0 Å². The summed E-state index contributed by atoms with van der Waals surface area (Å²) in [5, 5.41) is 9.69. The fraction of sp³-hybridized carbons (Fsp3) is 0.417. The first-order valence-corrected chi connectivity index (χ1v) is 7.35. The summed E-state index contributed by atoms with van der Waals surface area (Å²) in [5.74, 6) is -0.232. The molecule has 1 aromatic heterocycles. The average molecular weight is 332 g/mol. The van der Waals surface area contributed by atoms with Crippen molar-refractivity contribution in [2.75, 3.05) is 0 Å². The summed E-state index contributed by atoms with van der Waals surface area (Å²) in [5.41, 5.74) is 0.615. The van der Waals surface area contributed by atoms with Crippen LogP contribution < -0.4 is 4.74 Å². The molecule has 3 rings (SSSR count). The predicted octanol–water partition coefficient (Wildman–Crippen LogP) is 3.49. The predicted molar refractivity (Wildman–Crippen MR) is 71.6 cm³/mol. The summed E-state index contributed by atoms with van der Waals surface area (Å²) in [6.07, 6.45) is 1.62. The van der Waals surface area contributed by atoms with E-state index in [1.807, 2.05) is 0 Å². The van der Waals surface area contributed by atoms with Crippen LogP contribution in [0.1, 0.15) is 19.3 Å².